The quantitative estimate of drug-likeness (QED) is 0.611. The van der Waals surface area contributed by atoms with Gasteiger partial charge in [0.1, 0.15) is 6.04 Å². The average molecular weight is 202 g/mol. The van der Waals surface area contributed by atoms with Crippen LogP contribution in [-0.2, 0) is 9.59 Å². The maximum Gasteiger partial charge on any atom is 0.320 e. The molecule has 3 N–H and O–H groups in total. The fraction of sp³-hybridized carbons (Fsp3) is 0.778. The first kappa shape index (κ1) is 12.9. The Morgan fingerprint density at radius 1 is 1.36 bits per heavy atom. The largest absolute Gasteiger partial charge is 0.480 e. The number of rotatable bonds is 7. The summed E-state index contributed by atoms with van der Waals surface area (Å²) in [5, 5.41) is 8.92. The Kier molecular flexibility index (Phi) is 5.87. The van der Waals surface area contributed by atoms with Crippen LogP contribution in [0.4, 0.5) is 0 Å². The van der Waals surface area contributed by atoms with Crippen molar-refractivity contribution in [3.63, 3.8) is 0 Å². The molecule has 82 valence electrons. The molecule has 5 nitrogen and oxygen atoms in total. The molecule has 14 heavy (non-hydrogen) atoms. The highest BCUT2D eigenvalue weighted by atomic mass is 16.4. The van der Waals surface area contributed by atoms with Crippen LogP contribution < -0.4 is 5.73 Å². The molecular formula is C9H18N2O3. The van der Waals surface area contributed by atoms with E-state index in [0.29, 0.717) is 13.1 Å². The van der Waals surface area contributed by atoms with Crippen molar-refractivity contribution in [1.82, 2.24) is 4.90 Å². The summed E-state index contributed by atoms with van der Waals surface area (Å²) < 4.78 is 0. The number of carboxylic acids is 1. The molecule has 0 aliphatic rings. The topological polar surface area (TPSA) is 83.6 Å². The van der Waals surface area contributed by atoms with Crippen LogP contribution in [0, 0.1) is 0 Å². The molecule has 0 saturated heterocycles. The Labute approximate surface area is 83.9 Å². The average Bonchev–Trinajstić information content (AvgIpc) is 2.11. The number of hydrogen-bond donors (Lipinski definition) is 2. The van der Waals surface area contributed by atoms with Crippen molar-refractivity contribution >= 4 is 11.9 Å². The van der Waals surface area contributed by atoms with Crippen molar-refractivity contribution in [2.75, 3.05) is 13.1 Å². The zero-order chi connectivity index (χ0) is 11.1. The minimum absolute atomic E-state index is 0.119. The zero-order valence-corrected chi connectivity index (χ0v) is 8.69. The van der Waals surface area contributed by atoms with Gasteiger partial charge in [-0.2, -0.15) is 0 Å². The Bertz CT molecular complexity index is 202. The van der Waals surface area contributed by atoms with Crippen LogP contribution in [0.3, 0.4) is 0 Å². The van der Waals surface area contributed by atoms with Gasteiger partial charge >= 0.3 is 5.97 Å². The summed E-state index contributed by atoms with van der Waals surface area (Å²) >= 11 is 0. The summed E-state index contributed by atoms with van der Waals surface area (Å²) in [6, 6.07) is -0.600. The van der Waals surface area contributed by atoms with E-state index in [4.69, 9.17) is 10.8 Å². The number of aliphatic carboxylic acids is 1. The number of carbonyl (C=O) groups excluding carboxylic acids is 1. The standard InChI is InChI=1S/C9H18N2O3/c1-3-11(4-2)7(9(13)14)5-6-8(10)12/h7H,3-6H2,1-2H3,(H2,10,12)(H,13,14)/t7-/m1/s1. The van der Waals surface area contributed by atoms with Crippen molar-refractivity contribution < 1.29 is 14.7 Å². The predicted octanol–water partition coefficient (Wildman–Crippen LogP) is 0.0469. The van der Waals surface area contributed by atoms with E-state index < -0.39 is 17.9 Å². The Morgan fingerprint density at radius 3 is 2.14 bits per heavy atom. The Balaban J connectivity index is 4.27. The predicted molar refractivity (Wildman–Crippen MR) is 52.8 cm³/mol. The highest BCUT2D eigenvalue weighted by Crippen LogP contribution is 2.06. The zero-order valence-electron chi connectivity index (χ0n) is 8.69. The number of primary amides is 1. The van der Waals surface area contributed by atoms with Crippen molar-refractivity contribution in [2.24, 2.45) is 5.73 Å². The molecule has 0 aliphatic carbocycles. The van der Waals surface area contributed by atoms with Crippen LogP contribution in [0.2, 0.25) is 0 Å². The molecule has 0 unspecified atom stereocenters. The van der Waals surface area contributed by atoms with Gasteiger partial charge in [-0.3, -0.25) is 14.5 Å². The minimum atomic E-state index is -0.894. The first-order valence-corrected chi connectivity index (χ1v) is 4.78. The molecule has 5 heteroatoms. The monoisotopic (exact) mass is 202 g/mol. The molecule has 1 atom stereocenters. The molecule has 0 radical (unpaired) electrons. The summed E-state index contributed by atoms with van der Waals surface area (Å²) in [7, 11) is 0. The summed E-state index contributed by atoms with van der Waals surface area (Å²) in [6.45, 7) is 5.10. The highest BCUT2D eigenvalue weighted by Gasteiger charge is 2.23. The lowest BCUT2D eigenvalue weighted by Crippen LogP contribution is -2.41. The molecule has 0 aromatic heterocycles. The van der Waals surface area contributed by atoms with Crippen LogP contribution in [0.15, 0.2) is 0 Å². The summed E-state index contributed by atoms with van der Waals surface area (Å²) in [5.74, 6) is -1.35. The van der Waals surface area contributed by atoms with Crippen molar-refractivity contribution in [3.05, 3.63) is 0 Å². The van der Waals surface area contributed by atoms with E-state index in [1.807, 2.05) is 13.8 Å². The molecule has 0 aromatic carbocycles. The third-order valence-electron chi connectivity index (χ3n) is 2.20. The number of hydrogen-bond acceptors (Lipinski definition) is 3. The van der Waals surface area contributed by atoms with Gasteiger partial charge in [-0.05, 0) is 19.5 Å². The third-order valence-corrected chi connectivity index (χ3v) is 2.20. The van der Waals surface area contributed by atoms with E-state index in [1.165, 1.54) is 0 Å². The van der Waals surface area contributed by atoms with Gasteiger partial charge in [0, 0.05) is 6.42 Å². The lowest BCUT2D eigenvalue weighted by molar-refractivity contribution is -0.143. The van der Waals surface area contributed by atoms with Crippen molar-refractivity contribution in [1.29, 1.82) is 0 Å². The smallest absolute Gasteiger partial charge is 0.320 e. The van der Waals surface area contributed by atoms with E-state index in [9.17, 15) is 9.59 Å². The van der Waals surface area contributed by atoms with Crippen LogP contribution in [0.5, 0.6) is 0 Å². The number of amides is 1. The molecule has 0 spiro atoms. The molecule has 0 bridgehead atoms. The van der Waals surface area contributed by atoms with E-state index in [-0.39, 0.29) is 12.8 Å². The third kappa shape index (κ3) is 4.23. The second kappa shape index (κ2) is 6.37. The summed E-state index contributed by atoms with van der Waals surface area (Å²) in [4.78, 5) is 23.2. The first-order valence-electron chi connectivity index (χ1n) is 4.78. The maximum absolute atomic E-state index is 10.9. The Hall–Kier alpha value is -1.10. The van der Waals surface area contributed by atoms with Crippen molar-refractivity contribution in [2.45, 2.75) is 32.7 Å². The fourth-order valence-electron chi connectivity index (χ4n) is 1.41. The number of carboxylic acid groups (broad SMARTS) is 1. The van der Waals surface area contributed by atoms with Gasteiger partial charge in [-0.25, -0.2) is 0 Å². The number of carbonyl (C=O) groups is 2. The molecular weight excluding hydrogens is 184 g/mol. The van der Waals surface area contributed by atoms with Gasteiger partial charge in [0.2, 0.25) is 5.91 Å². The SMILES string of the molecule is CCN(CC)[C@H](CCC(N)=O)C(=O)O. The van der Waals surface area contributed by atoms with E-state index >= 15 is 0 Å². The molecule has 0 heterocycles. The highest BCUT2D eigenvalue weighted by molar-refractivity contribution is 5.77. The normalized spacial score (nSPS) is 12.8. The van der Waals surface area contributed by atoms with Gasteiger partial charge in [-0.1, -0.05) is 13.8 Å². The van der Waals surface area contributed by atoms with Gasteiger partial charge in [-0.15, -0.1) is 0 Å². The van der Waals surface area contributed by atoms with Crippen LogP contribution in [-0.4, -0.2) is 41.0 Å². The molecule has 0 aromatic rings. The van der Waals surface area contributed by atoms with E-state index in [0.717, 1.165) is 0 Å². The van der Waals surface area contributed by atoms with Gasteiger partial charge in [0.25, 0.3) is 0 Å². The Morgan fingerprint density at radius 2 is 1.86 bits per heavy atom. The number of nitrogens with zero attached hydrogens (tertiary/aromatic N) is 1. The lowest BCUT2D eigenvalue weighted by atomic mass is 10.1. The van der Waals surface area contributed by atoms with E-state index in [1.54, 1.807) is 4.90 Å². The lowest BCUT2D eigenvalue weighted by Gasteiger charge is -2.25. The second-order valence-corrected chi connectivity index (χ2v) is 3.08. The van der Waals surface area contributed by atoms with Gasteiger partial charge in [0.05, 0.1) is 0 Å². The number of likely N-dealkylation sites (N-methyl/N-ethyl adjacent to an activating group) is 1. The van der Waals surface area contributed by atoms with Crippen LogP contribution in [0.1, 0.15) is 26.7 Å². The molecule has 0 aliphatic heterocycles. The fourth-order valence-corrected chi connectivity index (χ4v) is 1.41. The molecule has 0 rings (SSSR count). The molecule has 0 saturated carbocycles. The minimum Gasteiger partial charge on any atom is -0.480 e. The first-order chi connectivity index (χ1) is 6.52. The van der Waals surface area contributed by atoms with Gasteiger partial charge < -0.3 is 10.8 Å². The van der Waals surface area contributed by atoms with Crippen LogP contribution in [0.25, 0.3) is 0 Å². The maximum atomic E-state index is 10.9. The second-order valence-electron chi connectivity index (χ2n) is 3.08. The van der Waals surface area contributed by atoms with Gasteiger partial charge in [0.15, 0.2) is 0 Å². The summed E-state index contributed by atoms with van der Waals surface area (Å²) in [5.41, 5.74) is 4.97. The molecule has 1 amide bonds. The number of nitrogens with two attached hydrogens (primary N) is 1. The van der Waals surface area contributed by atoms with Crippen LogP contribution >= 0.6 is 0 Å². The molecule has 0 fully saturated rings. The summed E-state index contributed by atoms with van der Waals surface area (Å²) in [6.07, 6.45) is 0.403. The van der Waals surface area contributed by atoms with E-state index in [2.05, 4.69) is 0 Å². The van der Waals surface area contributed by atoms with Crippen molar-refractivity contribution in [3.8, 4) is 0 Å².